The minimum absolute atomic E-state index is 0.0215. The zero-order chi connectivity index (χ0) is 16.4. The minimum Gasteiger partial charge on any atom is -0.462 e. The van der Waals surface area contributed by atoms with Crippen LogP contribution in [0, 0.1) is 0 Å². The Morgan fingerprint density at radius 1 is 1.00 bits per heavy atom. The van der Waals surface area contributed by atoms with E-state index in [0.717, 1.165) is 20.8 Å². The highest BCUT2D eigenvalue weighted by atomic mass is 19.1. The third-order valence-electron chi connectivity index (χ3n) is 2.19. The van der Waals surface area contributed by atoms with Gasteiger partial charge in [0.15, 0.2) is 18.3 Å². The molecule has 0 saturated heterocycles. The minimum atomic E-state index is -1.49. The SMILES string of the molecule is CC(=O)OC[C@@H](OC=O)[C@@H](OC(C)=O)[C@@H](CF)OC(C)=O. The third kappa shape index (κ3) is 7.85. The molecule has 0 aromatic rings. The summed E-state index contributed by atoms with van der Waals surface area (Å²) in [5.74, 6) is -2.31. The van der Waals surface area contributed by atoms with E-state index in [1.807, 2.05) is 0 Å². The van der Waals surface area contributed by atoms with Crippen molar-refractivity contribution in [2.24, 2.45) is 0 Å². The Kier molecular flexibility index (Phi) is 8.66. The molecule has 8 nitrogen and oxygen atoms in total. The molecule has 0 aromatic heterocycles. The van der Waals surface area contributed by atoms with Crippen LogP contribution in [-0.4, -0.2) is 56.0 Å². The Bertz CT molecular complexity index is 383. The van der Waals surface area contributed by atoms with Gasteiger partial charge in [0, 0.05) is 20.8 Å². The molecule has 0 radical (unpaired) electrons. The van der Waals surface area contributed by atoms with Gasteiger partial charge in [0.1, 0.15) is 13.3 Å². The molecule has 21 heavy (non-hydrogen) atoms. The van der Waals surface area contributed by atoms with E-state index in [2.05, 4.69) is 14.2 Å². The number of hydrogen-bond donors (Lipinski definition) is 0. The van der Waals surface area contributed by atoms with E-state index in [-0.39, 0.29) is 6.47 Å². The monoisotopic (exact) mass is 308 g/mol. The van der Waals surface area contributed by atoms with Gasteiger partial charge in [0.25, 0.3) is 6.47 Å². The molecule has 0 spiro atoms. The van der Waals surface area contributed by atoms with Crippen molar-refractivity contribution < 1.29 is 42.5 Å². The number of esters is 3. The number of halogens is 1. The lowest BCUT2D eigenvalue weighted by atomic mass is 10.1. The summed E-state index contributed by atoms with van der Waals surface area (Å²) < 4.78 is 31.8. The first-order valence-corrected chi connectivity index (χ1v) is 5.94. The van der Waals surface area contributed by atoms with E-state index < -0.39 is 49.5 Å². The number of ether oxygens (including phenoxy) is 4. The molecule has 0 aliphatic carbocycles. The molecular formula is C12H17FO8. The molecule has 3 atom stereocenters. The largest absolute Gasteiger partial charge is 0.462 e. The van der Waals surface area contributed by atoms with E-state index in [0.29, 0.717) is 0 Å². The first-order chi connectivity index (χ1) is 9.81. The smallest absolute Gasteiger partial charge is 0.303 e. The van der Waals surface area contributed by atoms with Crippen molar-refractivity contribution in [3.8, 4) is 0 Å². The van der Waals surface area contributed by atoms with Crippen molar-refractivity contribution in [3.63, 3.8) is 0 Å². The fourth-order valence-corrected chi connectivity index (χ4v) is 1.46. The Labute approximate surface area is 120 Å². The van der Waals surface area contributed by atoms with Crippen molar-refractivity contribution in [2.45, 2.75) is 39.1 Å². The van der Waals surface area contributed by atoms with Gasteiger partial charge in [0.05, 0.1) is 0 Å². The Balaban J connectivity index is 5.16. The van der Waals surface area contributed by atoms with Crippen molar-refractivity contribution in [1.29, 1.82) is 0 Å². The second kappa shape index (κ2) is 9.67. The Hall–Kier alpha value is -2.19. The fraction of sp³-hybridized carbons (Fsp3) is 0.667. The molecule has 0 aromatic carbocycles. The van der Waals surface area contributed by atoms with E-state index in [4.69, 9.17) is 4.74 Å². The van der Waals surface area contributed by atoms with Gasteiger partial charge in [-0.05, 0) is 0 Å². The summed E-state index contributed by atoms with van der Waals surface area (Å²) in [5.41, 5.74) is 0. The first kappa shape index (κ1) is 18.8. The number of rotatable bonds is 9. The summed E-state index contributed by atoms with van der Waals surface area (Å²) in [5, 5.41) is 0. The van der Waals surface area contributed by atoms with Gasteiger partial charge in [0.2, 0.25) is 0 Å². The molecule has 0 saturated carbocycles. The molecule has 0 heterocycles. The van der Waals surface area contributed by atoms with Crippen LogP contribution in [0.15, 0.2) is 0 Å². The molecule has 9 heteroatoms. The number of carbonyl (C=O) groups excluding carboxylic acids is 4. The van der Waals surface area contributed by atoms with E-state index in [1.165, 1.54) is 0 Å². The maximum absolute atomic E-state index is 13.0. The van der Waals surface area contributed by atoms with E-state index in [1.54, 1.807) is 0 Å². The third-order valence-corrected chi connectivity index (χ3v) is 2.19. The summed E-state index contributed by atoms with van der Waals surface area (Å²) in [6.45, 7) is 1.54. The van der Waals surface area contributed by atoms with Gasteiger partial charge in [-0.1, -0.05) is 0 Å². The zero-order valence-corrected chi connectivity index (χ0v) is 11.9. The van der Waals surface area contributed by atoms with Crippen molar-refractivity contribution in [2.75, 3.05) is 13.3 Å². The highest BCUT2D eigenvalue weighted by molar-refractivity contribution is 5.67. The topological polar surface area (TPSA) is 105 Å². The molecule has 120 valence electrons. The normalized spacial score (nSPS) is 14.3. The number of alkyl halides is 1. The molecule has 0 aliphatic heterocycles. The average Bonchev–Trinajstić information content (AvgIpc) is 2.38. The molecule has 0 bridgehead atoms. The van der Waals surface area contributed by atoms with Crippen LogP contribution >= 0.6 is 0 Å². The summed E-state index contributed by atoms with van der Waals surface area (Å²) in [7, 11) is 0. The molecule has 0 rings (SSSR count). The predicted octanol–water partition coefficient (Wildman–Crippen LogP) is -0.0760. The Morgan fingerprint density at radius 3 is 1.95 bits per heavy atom. The van der Waals surface area contributed by atoms with Gasteiger partial charge in [-0.3, -0.25) is 19.2 Å². The van der Waals surface area contributed by atoms with Crippen molar-refractivity contribution >= 4 is 24.4 Å². The second-order valence-electron chi connectivity index (χ2n) is 3.95. The van der Waals surface area contributed by atoms with Gasteiger partial charge in [-0.2, -0.15) is 0 Å². The van der Waals surface area contributed by atoms with Crippen molar-refractivity contribution in [1.82, 2.24) is 0 Å². The van der Waals surface area contributed by atoms with E-state index in [9.17, 15) is 23.6 Å². The van der Waals surface area contributed by atoms with Gasteiger partial charge in [-0.15, -0.1) is 0 Å². The molecule has 0 N–H and O–H groups in total. The molecule has 0 fully saturated rings. The first-order valence-electron chi connectivity index (χ1n) is 5.94. The predicted molar refractivity (Wildman–Crippen MR) is 64.7 cm³/mol. The fourth-order valence-electron chi connectivity index (χ4n) is 1.46. The lowest BCUT2D eigenvalue weighted by Crippen LogP contribution is -2.47. The number of carbonyl (C=O) groups is 4. The van der Waals surface area contributed by atoms with Crippen LogP contribution < -0.4 is 0 Å². The van der Waals surface area contributed by atoms with Crippen molar-refractivity contribution in [3.05, 3.63) is 0 Å². The lowest BCUT2D eigenvalue weighted by Gasteiger charge is -2.29. The standard InChI is InChI=1S/C12H17FO8/c1-7(15)18-5-11(19-6-14)12(21-9(3)17)10(4-13)20-8(2)16/h6,10-12H,4-5H2,1-3H3/t10-,11-,12+/m1/s1. The van der Waals surface area contributed by atoms with Crippen LogP contribution in [0.4, 0.5) is 4.39 Å². The molecular weight excluding hydrogens is 291 g/mol. The summed E-state index contributed by atoms with van der Waals surface area (Å²) in [6, 6.07) is 0. The van der Waals surface area contributed by atoms with Crippen LogP contribution in [0.1, 0.15) is 20.8 Å². The summed E-state index contributed by atoms with van der Waals surface area (Å²) in [4.78, 5) is 43.3. The zero-order valence-electron chi connectivity index (χ0n) is 11.9. The molecule has 0 unspecified atom stereocenters. The highest BCUT2D eigenvalue weighted by Gasteiger charge is 2.37. The second-order valence-corrected chi connectivity index (χ2v) is 3.95. The molecule has 0 aliphatic rings. The van der Waals surface area contributed by atoms with Crippen LogP contribution in [0.2, 0.25) is 0 Å². The van der Waals surface area contributed by atoms with Gasteiger partial charge < -0.3 is 18.9 Å². The average molecular weight is 308 g/mol. The maximum Gasteiger partial charge on any atom is 0.303 e. The molecule has 0 amide bonds. The van der Waals surface area contributed by atoms with Crippen LogP contribution in [0.25, 0.3) is 0 Å². The highest BCUT2D eigenvalue weighted by Crippen LogP contribution is 2.14. The maximum atomic E-state index is 13.0. The van der Waals surface area contributed by atoms with Gasteiger partial charge in [-0.25, -0.2) is 4.39 Å². The summed E-state index contributed by atoms with van der Waals surface area (Å²) >= 11 is 0. The summed E-state index contributed by atoms with van der Waals surface area (Å²) in [6.07, 6.45) is -4.25. The number of hydrogen-bond acceptors (Lipinski definition) is 8. The lowest BCUT2D eigenvalue weighted by molar-refractivity contribution is -0.186. The van der Waals surface area contributed by atoms with Crippen LogP contribution in [0.5, 0.6) is 0 Å². The van der Waals surface area contributed by atoms with Crippen LogP contribution in [-0.2, 0) is 38.1 Å². The van der Waals surface area contributed by atoms with Crippen LogP contribution in [0.3, 0.4) is 0 Å². The van der Waals surface area contributed by atoms with Gasteiger partial charge >= 0.3 is 17.9 Å². The van der Waals surface area contributed by atoms with E-state index >= 15 is 0 Å². The Morgan fingerprint density at radius 2 is 1.57 bits per heavy atom. The quantitative estimate of drug-likeness (QED) is 0.331.